The highest BCUT2D eigenvalue weighted by molar-refractivity contribution is 5.89. The summed E-state index contributed by atoms with van der Waals surface area (Å²) in [5.74, 6) is 1.55. The van der Waals surface area contributed by atoms with Crippen molar-refractivity contribution < 1.29 is 33.0 Å². The van der Waals surface area contributed by atoms with E-state index >= 15 is 0 Å². The van der Waals surface area contributed by atoms with Crippen molar-refractivity contribution in [3.63, 3.8) is 0 Å². The van der Waals surface area contributed by atoms with Crippen LogP contribution in [0.2, 0.25) is 0 Å². The minimum Gasteiger partial charge on any atom is -0.453 e. The standard InChI is InChI=1S/C49H57FN8O6/c1-25(2)42(55-48(61)63-5)46(59)57-19-7-8-39(57)45-52-36-18-14-30(21-37(36)53-45)32-16-17-33(41-34-15-13-29(34)20-35(32)41)27-9-11-28(12-10-27)38-23-51-44(54-38)40-22-31(50)24-58(40)47(60)43(26(3)4)56-49(62)64-6/h9-12,14,16-18,21,23,25-26,29,31,34,39-40,42-43H,7-8,13,15,19-20,22,24H2,1-6H3,(H,51,54)(H,52,53)(H,55,61)(H,56,62)/t29?,31-,34?,39-,40-,42-,43-/m0/s1. The molecule has 0 spiro atoms. The molecule has 15 heteroatoms. The van der Waals surface area contributed by atoms with Crippen LogP contribution < -0.4 is 10.6 Å². The highest BCUT2D eigenvalue weighted by Crippen LogP contribution is 2.56. The van der Waals surface area contributed by atoms with Crippen molar-refractivity contribution in [1.82, 2.24) is 40.4 Å². The number of nitrogens with zero attached hydrogens (tertiary/aromatic N) is 4. The van der Waals surface area contributed by atoms with Crippen LogP contribution in [0.3, 0.4) is 0 Å². The minimum absolute atomic E-state index is 0.0779. The van der Waals surface area contributed by atoms with Gasteiger partial charge >= 0.3 is 12.2 Å². The maximum Gasteiger partial charge on any atom is 0.407 e. The number of amides is 4. The number of carbonyl (C=O) groups excluding carboxylic acids is 4. The molecule has 7 atom stereocenters. The zero-order valence-electron chi connectivity index (χ0n) is 37.2. The van der Waals surface area contributed by atoms with E-state index in [1.165, 1.54) is 54.2 Å². The Morgan fingerprint density at radius 3 is 2.08 bits per heavy atom. The van der Waals surface area contributed by atoms with Gasteiger partial charge in [-0.3, -0.25) is 9.59 Å². The second-order valence-electron chi connectivity index (χ2n) is 18.6. The van der Waals surface area contributed by atoms with E-state index in [2.05, 4.69) is 80.2 Å². The van der Waals surface area contributed by atoms with Gasteiger partial charge in [0.25, 0.3) is 0 Å². The number of hydrogen-bond donors (Lipinski definition) is 4. The van der Waals surface area contributed by atoms with Crippen molar-refractivity contribution in [3.05, 3.63) is 83.6 Å². The van der Waals surface area contributed by atoms with Crippen molar-refractivity contribution in [2.24, 2.45) is 17.8 Å². The number of likely N-dealkylation sites (tertiary alicyclic amines) is 2. The van der Waals surface area contributed by atoms with Gasteiger partial charge in [-0.1, -0.05) is 70.2 Å². The number of rotatable bonds is 11. The largest absolute Gasteiger partial charge is 0.453 e. The molecule has 4 aliphatic rings. The molecule has 5 aromatic rings. The number of carbonyl (C=O) groups is 4. The molecule has 64 heavy (non-hydrogen) atoms. The van der Waals surface area contributed by atoms with Crippen molar-refractivity contribution in [1.29, 1.82) is 0 Å². The number of halogens is 1. The van der Waals surface area contributed by atoms with Gasteiger partial charge in [-0.15, -0.1) is 0 Å². The molecule has 14 nitrogen and oxygen atoms in total. The molecular formula is C49H57FN8O6. The number of imidazole rings is 2. The first-order chi connectivity index (χ1) is 30.8. The SMILES string of the molecule is COC(=O)N[C@H](C(=O)N1C[C@@H](F)C[C@H]1c1ncc(-c2ccc(-c3ccc(-c4ccc5nc([C@@H]6CCCN6C(=O)[C@@H](NC(=O)OC)C(C)C)[nH]c5c4)c4c3C3CCC3C4)cc2)[nH]1)C(C)C. The van der Waals surface area contributed by atoms with Crippen molar-refractivity contribution in [2.75, 3.05) is 27.3 Å². The molecule has 2 unspecified atom stereocenters. The van der Waals surface area contributed by atoms with Gasteiger partial charge in [-0.2, -0.15) is 0 Å². The third kappa shape index (κ3) is 7.87. The summed E-state index contributed by atoms with van der Waals surface area (Å²) >= 11 is 0. The molecule has 0 bridgehead atoms. The Bertz CT molecular complexity index is 2590. The first-order valence-electron chi connectivity index (χ1n) is 22.6. The maximum atomic E-state index is 14.9. The maximum absolute atomic E-state index is 14.9. The van der Waals surface area contributed by atoms with Gasteiger partial charge in [-0.25, -0.2) is 23.9 Å². The second-order valence-corrected chi connectivity index (χ2v) is 18.6. The molecule has 2 aliphatic heterocycles. The van der Waals surface area contributed by atoms with E-state index in [1.54, 1.807) is 6.20 Å². The van der Waals surface area contributed by atoms with Crippen LogP contribution in [0.25, 0.3) is 44.5 Å². The van der Waals surface area contributed by atoms with Gasteiger partial charge in [0.15, 0.2) is 0 Å². The molecule has 2 saturated heterocycles. The van der Waals surface area contributed by atoms with Crippen LogP contribution in [0.4, 0.5) is 14.0 Å². The average molecular weight is 873 g/mol. The van der Waals surface area contributed by atoms with Gasteiger partial charge in [0.2, 0.25) is 11.8 Å². The summed E-state index contributed by atoms with van der Waals surface area (Å²) in [4.78, 5) is 71.4. The lowest BCUT2D eigenvalue weighted by Gasteiger charge is -2.31. The molecule has 2 aliphatic carbocycles. The molecule has 4 amide bonds. The van der Waals surface area contributed by atoms with E-state index in [-0.39, 0.29) is 42.7 Å². The Morgan fingerprint density at radius 1 is 0.766 bits per heavy atom. The third-order valence-corrected chi connectivity index (χ3v) is 14.0. The Labute approximate surface area is 372 Å². The normalized spacial score (nSPS) is 22.3. The summed E-state index contributed by atoms with van der Waals surface area (Å²) in [5, 5.41) is 5.34. The number of hydrogen-bond acceptors (Lipinski definition) is 8. The fraction of sp³-hybridized carbons (Fsp3) is 0.469. The minimum atomic E-state index is -1.22. The number of benzene rings is 3. The summed E-state index contributed by atoms with van der Waals surface area (Å²) in [6.07, 6.45) is 4.35. The van der Waals surface area contributed by atoms with E-state index in [0.29, 0.717) is 24.2 Å². The summed E-state index contributed by atoms with van der Waals surface area (Å²) in [5.41, 5.74) is 11.0. The average Bonchev–Trinajstić information content (AvgIpc) is 4.13. The highest BCUT2D eigenvalue weighted by Gasteiger charge is 2.44. The summed E-state index contributed by atoms with van der Waals surface area (Å²) in [6.45, 7) is 7.99. The van der Waals surface area contributed by atoms with E-state index < -0.39 is 36.5 Å². The quantitative estimate of drug-likeness (QED) is 0.102. The summed E-state index contributed by atoms with van der Waals surface area (Å²) in [6, 6.07) is 17.0. The molecule has 2 aromatic heterocycles. The number of ether oxygens (including phenoxy) is 2. The molecule has 0 radical (unpaired) electrons. The Kier molecular flexibility index (Phi) is 11.7. The molecule has 336 valence electrons. The lowest BCUT2D eigenvalue weighted by atomic mass is 9.73. The summed E-state index contributed by atoms with van der Waals surface area (Å²) < 4.78 is 24.5. The van der Waals surface area contributed by atoms with Gasteiger partial charge in [0.1, 0.15) is 29.9 Å². The first-order valence-corrected chi connectivity index (χ1v) is 22.6. The fourth-order valence-corrected chi connectivity index (χ4v) is 10.5. The number of methoxy groups -OCH3 is 2. The zero-order valence-corrected chi connectivity index (χ0v) is 37.2. The molecule has 4 N–H and O–H groups in total. The Morgan fingerprint density at radius 2 is 1.42 bits per heavy atom. The summed E-state index contributed by atoms with van der Waals surface area (Å²) in [7, 11) is 2.54. The Balaban J connectivity index is 0.951. The predicted molar refractivity (Wildman–Crippen MR) is 240 cm³/mol. The number of alkyl halides is 1. The van der Waals surface area contributed by atoms with Crippen LogP contribution >= 0.6 is 0 Å². The van der Waals surface area contributed by atoms with Crippen molar-refractivity contribution >= 4 is 35.0 Å². The zero-order chi connectivity index (χ0) is 45.0. The predicted octanol–water partition coefficient (Wildman–Crippen LogP) is 8.37. The van der Waals surface area contributed by atoms with Crippen molar-refractivity contribution in [2.45, 2.75) is 102 Å². The molecule has 4 heterocycles. The van der Waals surface area contributed by atoms with Crippen molar-refractivity contribution in [3.8, 4) is 33.5 Å². The van der Waals surface area contributed by atoms with Crippen LogP contribution in [-0.4, -0.2) is 99.3 Å². The molecule has 9 rings (SSSR count). The lowest BCUT2D eigenvalue weighted by molar-refractivity contribution is -0.136. The first kappa shape index (κ1) is 43.0. The molecule has 3 fully saturated rings. The van der Waals surface area contributed by atoms with E-state index in [1.807, 2.05) is 32.6 Å². The van der Waals surface area contributed by atoms with Gasteiger partial charge < -0.3 is 39.9 Å². The van der Waals surface area contributed by atoms with Crippen LogP contribution in [0, 0.1) is 17.8 Å². The van der Waals surface area contributed by atoms with Crippen LogP contribution in [0.1, 0.15) is 101 Å². The lowest BCUT2D eigenvalue weighted by Crippen LogP contribution is -2.51. The van der Waals surface area contributed by atoms with Crippen LogP contribution in [-0.2, 0) is 25.5 Å². The Hall–Kier alpha value is -6.25. The highest BCUT2D eigenvalue weighted by atomic mass is 19.1. The van der Waals surface area contributed by atoms with Crippen LogP contribution in [0.15, 0.2) is 60.8 Å². The molecular weight excluding hydrogens is 816 g/mol. The number of aromatic nitrogens is 4. The van der Waals surface area contributed by atoms with E-state index in [9.17, 15) is 23.6 Å². The monoisotopic (exact) mass is 872 g/mol. The third-order valence-electron chi connectivity index (χ3n) is 14.0. The molecule has 3 aromatic carbocycles. The van der Waals surface area contributed by atoms with Gasteiger partial charge in [0, 0.05) is 13.0 Å². The molecule has 1 saturated carbocycles. The van der Waals surface area contributed by atoms with E-state index in [4.69, 9.17) is 14.5 Å². The number of fused-ring (bicyclic) bond motifs is 4. The number of nitrogens with one attached hydrogen (secondary N) is 4. The topological polar surface area (TPSA) is 175 Å². The van der Waals surface area contributed by atoms with Crippen LogP contribution in [0.5, 0.6) is 0 Å². The van der Waals surface area contributed by atoms with E-state index in [0.717, 1.165) is 58.5 Å². The van der Waals surface area contributed by atoms with Gasteiger partial charge in [-0.05, 0) is 107 Å². The smallest absolute Gasteiger partial charge is 0.407 e. The fourth-order valence-electron chi connectivity index (χ4n) is 10.5. The second kappa shape index (κ2) is 17.4. The number of H-pyrrole nitrogens is 2. The number of alkyl carbamates (subject to hydrolysis) is 2. The number of aromatic amines is 2. The van der Waals surface area contributed by atoms with Gasteiger partial charge in [0.05, 0.1) is 55.8 Å².